The third-order valence-electron chi connectivity index (χ3n) is 4.61. The predicted octanol–water partition coefficient (Wildman–Crippen LogP) is 3.86. The van der Waals surface area contributed by atoms with Gasteiger partial charge in [0.1, 0.15) is 0 Å². The Balaban J connectivity index is 1.44. The van der Waals surface area contributed by atoms with Gasteiger partial charge in [0.05, 0.1) is 0 Å². The first-order chi connectivity index (χ1) is 13.3. The zero-order valence-corrected chi connectivity index (χ0v) is 16.1. The summed E-state index contributed by atoms with van der Waals surface area (Å²) >= 11 is -0.192. The molecule has 3 aromatic carbocycles. The fourth-order valence-electron chi connectivity index (χ4n) is 3.41. The van der Waals surface area contributed by atoms with Gasteiger partial charge in [0.2, 0.25) is 0 Å². The van der Waals surface area contributed by atoms with E-state index in [1.54, 1.807) is 12.1 Å². The average Bonchev–Trinajstić information content (AvgIpc) is 3.02. The van der Waals surface area contributed by atoms with Gasteiger partial charge < -0.3 is 0 Å². The molecule has 0 atom stereocenters. The fraction of sp³-hybridized carbons (Fsp3) is 0.0909. The molecule has 0 aliphatic heterocycles. The van der Waals surface area contributed by atoms with Crippen molar-refractivity contribution in [2.45, 2.75) is 5.92 Å². The van der Waals surface area contributed by atoms with Crippen molar-refractivity contribution in [3.8, 4) is 16.1 Å². The molecule has 0 aromatic heterocycles. The second-order valence-electron chi connectivity index (χ2n) is 6.17. The molecular formula is C22H16N2O2Se. The zero-order valence-electron chi connectivity index (χ0n) is 14.4. The number of carbonyl (C=O) groups is 1. The van der Waals surface area contributed by atoms with Crippen molar-refractivity contribution >= 4 is 31.2 Å². The van der Waals surface area contributed by atoms with E-state index in [2.05, 4.69) is 34.5 Å². The summed E-state index contributed by atoms with van der Waals surface area (Å²) in [6.45, 7) is 0.287. The van der Waals surface area contributed by atoms with E-state index in [1.807, 2.05) is 36.4 Å². The Morgan fingerprint density at radius 1 is 0.963 bits per heavy atom. The van der Waals surface area contributed by atoms with Crippen LogP contribution in [0.25, 0.3) is 11.1 Å². The Kier molecular flexibility index (Phi) is 4.93. The molecule has 0 fully saturated rings. The van der Waals surface area contributed by atoms with Crippen LogP contribution in [-0.4, -0.2) is 27.7 Å². The topological polar surface area (TPSA) is 62.1 Å². The van der Waals surface area contributed by atoms with Crippen LogP contribution in [0.2, 0.25) is 0 Å². The molecular weight excluding hydrogens is 403 g/mol. The summed E-state index contributed by atoms with van der Waals surface area (Å²) in [6.07, 6.45) is -0.476. The minimum absolute atomic E-state index is 0.0452. The first-order valence-corrected chi connectivity index (χ1v) is 10.3. The summed E-state index contributed by atoms with van der Waals surface area (Å²) in [5, 5.41) is 11.5. The van der Waals surface area contributed by atoms with Gasteiger partial charge in [-0.1, -0.05) is 12.1 Å². The van der Waals surface area contributed by atoms with E-state index < -0.39 is 6.09 Å². The molecule has 0 spiro atoms. The maximum atomic E-state index is 12.2. The van der Waals surface area contributed by atoms with E-state index in [0.717, 1.165) is 4.46 Å². The van der Waals surface area contributed by atoms with Crippen LogP contribution in [0.1, 0.15) is 17.0 Å². The molecule has 1 aliphatic rings. The molecule has 0 saturated carbocycles. The number of fused-ring (bicyclic) bond motifs is 3. The van der Waals surface area contributed by atoms with Crippen molar-refractivity contribution in [2.24, 2.45) is 0 Å². The predicted molar refractivity (Wildman–Crippen MR) is 106 cm³/mol. The van der Waals surface area contributed by atoms with Crippen molar-refractivity contribution in [3.63, 3.8) is 0 Å². The Morgan fingerprint density at radius 3 is 2.15 bits per heavy atom. The number of anilines is 1. The number of benzene rings is 3. The van der Waals surface area contributed by atoms with Crippen molar-refractivity contribution in [1.82, 2.24) is 0 Å². The number of carbonyl (C=O) groups excluding carboxylic acids is 1. The summed E-state index contributed by atoms with van der Waals surface area (Å²) in [7, 11) is 0. The Bertz CT molecular complexity index is 979. The van der Waals surface area contributed by atoms with Crippen LogP contribution < -0.4 is 9.78 Å². The molecule has 1 amide bonds. The van der Waals surface area contributed by atoms with Crippen molar-refractivity contribution < 1.29 is 9.53 Å². The van der Waals surface area contributed by atoms with Gasteiger partial charge in [-0.05, 0) is 0 Å². The SMILES string of the molecule is N#C[Se]c1ccc(NC(=O)OCC2c3ccccc3-c3ccccc32)cc1. The van der Waals surface area contributed by atoms with Crippen LogP contribution in [-0.2, 0) is 4.74 Å². The average molecular weight is 419 g/mol. The first kappa shape index (κ1) is 17.4. The van der Waals surface area contributed by atoms with Crippen LogP contribution >= 0.6 is 0 Å². The molecule has 0 radical (unpaired) electrons. The zero-order chi connectivity index (χ0) is 18.6. The van der Waals surface area contributed by atoms with Crippen LogP contribution in [0.3, 0.4) is 0 Å². The molecule has 5 heteroatoms. The number of ether oxygens (including phenoxy) is 1. The molecule has 132 valence electrons. The summed E-state index contributed by atoms with van der Waals surface area (Å²) < 4.78 is 6.50. The molecule has 4 rings (SSSR count). The molecule has 1 aliphatic carbocycles. The molecule has 3 aromatic rings. The standard InChI is InChI=1S/C22H16N2O2Se/c23-14-27-16-11-9-15(10-12-16)24-22(25)26-13-21-19-7-3-1-5-17(19)18-6-2-4-8-20(18)21/h1-12,21H,13H2,(H,24,25). The van der Waals surface area contributed by atoms with Gasteiger partial charge in [-0.2, -0.15) is 0 Å². The molecule has 4 nitrogen and oxygen atoms in total. The number of amides is 1. The Labute approximate surface area is 163 Å². The summed E-state index contributed by atoms with van der Waals surface area (Å²) in [5.41, 5.74) is 5.45. The number of rotatable bonds is 4. The maximum absolute atomic E-state index is 12.2. The molecule has 0 unspecified atom stereocenters. The van der Waals surface area contributed by atoms with Gasteiger partial charge in [-0.25, -0.2) is 0 Å². The van der Waals surface area contributed by atoms with Gasteiger partial charge in [0, 0.05) is 0 Å². The van der Waals surface area contributed by atoms with E-state index in [4.69, 9.17) is 10.00 Å². The molecule has 1 N–H and O–H groups in total. The molecule has 0 saturated heterocycles. The Hall–Kier alpha value is -3.06. The normalized spacial score (nSPS) is 12.0. The van der Waals surface area contributed by atoms with Gasteiger partial charge in [-0.3, -0.25) is 0 Å². The van der Waals surface area contributed by atoms with E-state index in [9.17, 15) is 4.79 Å². The van der Waals surface area contributed by atoms with E-state index in [-0.39, 0.29) is 27.5 Å². The number of hydrogen-bond acceptors (Lipinski definition) is 3. The van der Waals surface area contributed by atoms with E-state index >= 15 is 0 Å². The van der Waals surface area contributed by atoms with Gasteiger partial charge in [-0.15, -0.1) is 0 Å². The van der Waals surface area contributed by atoms with E-state index in [1.165, 1.54) is 22.3 Å². The van der Waals surface area contributed by atoms with Gasteiger partial charge in [0.25, 0.3) is 0 Å². The van der Waals surface area contributed by atoms with Crippen LogP contribution in [0.15, 0.2) is 72.8 Å². The van der Waals surface area contributed by atoms with Crippen molar-refractivity contribution in [3.05, 3.63) is 83.9 Å². The summed E-state index contributed by atoms with van der Waals surface area (Å²) in [6, 6.07) is 23.8. The number of hydrogen-bond donors (Lipinski definition) is 1. The van der Waals surface area contributed by atoms with Crippen molar-refractivity contribution in [1.29, 1.82) is 5.26 Å². The third-order valence-corrected chi connectivity index (χ3v) is 5.86. The molecule has 0 heterocycles. The monoisotopic (exact) mass is 420 g/mol. The number of nitriles is 1. The van der Waals surface area contributed by atoms with Crippen LogP contribution in [0.5, 0.6) is 0 Å². The first-order valence-electron chi connectivity index (χ1n) is 8.54. The van der Waals surface area contributed by atoms with Gasteiger partial charge in [0.15, 0.2) is 0 Å². The van der Waals surface area contributed by atoms with Gasteiger partial charge >= 0.3 is 152 Å². The minimum atomic E-state index is -0.476. The summed E-state index contributed by atoms with van der Waals surface area (Å²) in [4.78, 5) is 14.4. The summed E-state index contributed by atoms with van der Waals surface area (Å²) in [5.74, 6) is 0.0452. The Morgan fingerprint density at radius 2 is 1.56 bits per heavy atom. The number of nitrogens with zero attached hydrogens (tertiary/aromatic N) is 1. The molecule has 0 bridgehead atoms. The fourth-order valence-corrected chi connectivity index (χ4v) is 4.20. The van der Waals surface area contributed by atoms with Crippen molar-refractivity contribution in [2.75, 3.05) is 11.9 Å². The second kappa shape index (κ2) is 7.67. The number of nitrogens with one attached hydrogen (secondary N) is 1. The van der Waals surface area contributed by atoms with Crippen LogP contribution in [0.4, 0.5) is 10.5 Å². The van der Waals surface area contributed by atoms with Crippen LogP contribution in [0, 0.1) is 10.2 Å². The quantitative estimate of drug-likeness (QED) is 0.654. The van der Waals surface area contributed by atoms with E-state index in [0.29, 0.717) is 5.69 Å². The second-order valence-corrected chi connectivity index (χ2v) is 7.97. The third kappa shape index (κ3) is 3.59. The molecule has 27 heavy (non-hydrogen) atoms.